The summed E-state index contributed by atoms with van der Waals surface area (Å²) in [5.41, 5.74) is 1.19. The molecule has 3 rings (SSSR count). The Morgan fingerprint density at radius 1 is 0.964 bits per heavy atom. The van der Waals surface area contributed by atoms with Gasteiger partial charge >= 0.3 is 11.3 Å². The zero-order valence-electron chi connectivity index (χ0n) is 15.3. The van der Waals surface area contributed by atoms with Gasteiger partial charge in [0.1, 0.15) is 11.4 Å². The molecule has 6 nitrogen and oxygen atoms in total. The van der Waals surface area contributed by atoms with E-state index in [1.54, 1.807) is 54.6 Å². The van der Waals surface area contributed by atoms with Gasteiger partial charge in [-0.1, -0.05) is 60.7 Å². The molecule has 0 amide bonds. The summed E-state index contributed by atoms with van der Waals surface area (Å²) >= 11 is 0. The van der Waals surface area contributed by atoms with Crippen molar-refractivity contribution < 1.29 is 27.9 Å². The first-order valence-electron chi connectivity index (χ1n) is 9.10. The maximum Gasteiger partial charge on any atom is 0.426 e. The van der Waals surface area contributed by atoms with E-state index in [0.29, 0.717) is 11.1 Å². The Bertz CT molecular complexity index is 929. The molecule has 0 atom stereocenters. The summed E-state index contributed by atoms with van der Waals surface area (Å²) in [6.07, 6.45) is 0.512. The Morgan fingerprint density at radius 2 is 1.50 bits per heavy atom. The van der Waals surface area contributed by atoms with Crippen molar-refractivity contribution in [1.82, 2.24) is 0 Å². The Kier molecular flexibility index (Phi) is 5.84. The molecule has 0 saturated heterocycles. The quantitative estimate of drug-likeness (QED) is 0.762. The predicted molar refractivity (Wildman–Crippen MR) is 103 cm³/mol. The van der Waals surface area contributed by atoms with Gasteiger partial charge in [-0.3, -0.25) is 4.79 Å². The van der Waals surface area contributed by atoms with Crippen LogP contribution in [0.25, 0.3) is 0 Å². The van der Waals surface area contributed by atoms with Crippen LogP contribution in [0.15, 0.2) is 60.7 Å². The Labute approximate surface area is 164 Å². The fourth-order valence-electron chi connectivity index (χ4n) is 3.74. The van der Waals surface area contributed by atoms with Crippen molar-refractivity contribution in [2.24, 2.45) is 5.92 Å². The van der Waals surface area contributed by atoms with Gasteiger partial charge in [-0.05, 0) is 36.8 Å². The maximum atomic E-state index is 13.3. The molecule has 1 N–H and O–H groups in total. The third kappa shape index (κ3) is 3.80. The highest BCUT2D eigenvalue weighted by Gasteiger charge is 2.52. The van der Waals surface area contributed by atoms with E-state index in [-0.39, 0.29) is 32.3 Å². The number of carbonyl (C=O) groups excluding carboxylic acids is 1. The Hall–Kier alpha value is -2.67. The van der Waals surface area contributed by atoms with Gasteiger partial charge in [0, 0.05) is 0 Å². The topological polar surface area (TPSA) is 97.7 Å². The highest BCUT2D eigenvalue weighted by Crippen LogP contribution is 2.46. The van der Waals surface area contributed by atoms with Gasteiger partial charge in [0.2, 0.25) is 0 Å². The second-order valence-electron chi connectivity index (χ2n) is 7.00. The Morgan fingerprint density at radius 3 is 2.04 bits per heavy atom. The van der Waals surface area contributed by atoms with Crippen LogP contribution in [0.2, 0.25) is 0 Å². The maximum absolute atomic E-state index is 13.3. The molecule has 0 spiro atoms. The van der Waals surface area contributed by atoms with Gasteiger partial charge in [0.05, 0.1) is 5.92 Å². The molecule has 148 valence electrons. The number of sulfone groups is 1. The van der Waals surface area contributed by atoms with Crippen LogP contribution in [-0.2, 0) is 30.7 Å². The van der Waals surface area contributed by atoms with Crippen molar-refractivity contribution in [2.45, 2.75) is 37.0 Å². The summed E-state index contributed by atoms with van der Waals surface area (Å²) in [6, 6.07) is 17.4. The van der Waals surface area contributed by atoms with Crippen LogP contribution < -0.4 is 0 Å². The fourth-order valence-corrected chi connectivity index (χ4v) is 5.49. The van der Waals surface area contributed by atoms with Crippen molar-refractivity contribution in [3.63, 3.8) is 0 Å². The average Bonchev–Trinajstić information content (AvgIpc) is 2.73. The largest absolute Gasteiger partial charge is 0.481 e. The second-order valence-corrected chi connectivity index (χ2v) is 9.12. The summed E-state index contributed by atoms with van der Waals surface area (Å²) < 4.78 is 30.2. The molecule has 0 unspecified atom stereocenters. The molecule has 1 aliphatic rings. The number of rotatable bonds is 5. The molecule has 1 fully saturated rings. The second kappa shape index (κ2) is 8.14. The van der Waals surface area contributed by atoms with E-state index >= 15 is 0 Å². The summed E-state index contributed by atoms with van der Waals surface area (Å²) in [5.74, 6) is -1.54. The number of carboxylic acids is 1. The van der Waals surface area contributed by atoms with Gasteiger partial charge in [-0.2, -0.15) is 0 Å². The van der Waals surface area contributed by atoms with Crippen LogP contribution in [0.1, 0.15) is 36.8 Å². The van der Waals surface area contributed by atoms with E-state index in [0.717, 1.165) is 0 Å². The van der Waals surface area contributed by atoms with E-state index in [2.05, 4.69) is 0 Å². The highest BCUT2D eigenvalue weighted by atomic mass is 32.2. The monoisotopic (exact) mass is 402 g/mol. The lowest BCUT2D eigenvalue weighted by Crippen LogP contribution is -2.44. The smallest absolute Gasteiger partial charge is 0.426 e. The highest BCUT2D eigenvalue weighted by molar-refractivity contribution is 8.06. The van der Waals surface area contributed by atoms with Crippen LogP contribution in [0.3, 0.4) is 0 Å². The molecular formula is C21H22O6S. The van der Waals surface area contributed by atoms with Crippen LogP contribution in [0.5, 0.6) is 0 Å². The molecule has 2 aromatic carbocycles. The predicted octanol–water partition coefficient (Wildman–Crippen LogP) is 3.91. The van der Waals surface area contributed by atoms with Crippen LogP contribution in [-0.4, -0.2) is 24.8 Å². The number of hydrogen-bond donors (Lipinski definition) is 1. The van der Waals surface area contributed by atoms with Crippen molar-refractivity contribution in [1.29, 1.82) is 0 Å². The molecule has 1 aliphatic carbocycles. The first-order valence-corrected chi connectivity index (χ1v) is 10.6. The molecule has 0 aromatic heterocycles. The minimum absolute atomic E-state index is 0.0662. The zero-order chi connectivity index (χ0) is 20.2. The Balaban J connectivity index is 1.89. The third-order valence-corrected chi connectivity index (χ3v) is 7.61. The van der Waals surface area contributed by atoms with E-state index in [9.17, 15) is 23.1 Å². The molecule has 0 bridgehead atoms. The first kappa shape index (κ1) is 20.1. The number of benzene rings is 2. The first-order chi connectivity index (χ1) is 13.4. The fraction of sp³-hybridized carbons (Fsp3) is 0.333. The number of carboxylic acid groups (broad SMARTS) is 1. The van der Waals surface area contributed by atoms with Gasteiger partial charge in [0.15, 0.2) is 0 Å². The lowest BCUT2D eigenvalue weighted by Gasteiger charge is -2.37. The van der Waals surface area contributed by atoms with Gasteiger partial charge < -0.3 is 9.84 Å². The molecular weight excluding hydrogens is 380 g/mol. The molecule has 28 heavy (non-hydrogen) atoms. The van der Waals surface area contributed by atoms with Crippen molar-refractivity contribution in [3.05, 3.63) is 71.8 Å². The average molecular weight is 402 g/mol. The van der Waals surface area contributed by atoms with Crippen LogP contribution in [0.4, 0.5) is 4.79 Å². The van der Waals surface area contributed by atoms with E-state index in [4.69, 9.17) is 4.74 Å². The summed E-state index contributed by atoms with van der Waals surface area (Å²) in [6.45, 7) is -0.137. The molecule has 1 saturated carbocycles. The summed E-state index contributed by atoms with van der Waals surface area (Å²) in [5, 5.41) is 7.99. The molecule has 0 aliphatic heterocycles. The van der Waals surface area contributed by atoms with Gasteiger partial charge in [-0.15, -0.1) is 0 Å². The molecule has 7 heteroatoms. The number of ether oxygens (including phenoxy) is 1. The van der Waals surface area contributed by atoms with Crippen molar-refractivity contribution in [2.75, 3.05) is 0 Å². The summed E-state index contributed by atoms with van der Waals surface area (Å²) in [7, 11) is -4.35. The standard InChI is InChI=1S/C21H22O6S/c22-19(23)17-11-13-21(14-12-17,18-9-5-2-6-10-18)28(25,26)20(24)27-15-16-7-3-1-4-8-16/h1-10,17H,11-15H2,(H,22,23). The number of carbonyl (C=O) groups is 2. The van der Waals surface area contributed by atoms with E-state index in [1.807, 2.05) is 6.07 Å². The van der Waals surface area contributed by atoms with Crippen LogP contribution in [0, 0.1) is 5.92 Å². The third-order valence-electron chi connectivity index (χ3n) is 5.38. The van der Waals surface area contributed by atoms with E-state index < -0.39 is 31.8 Å². The van der Waals surface area contributed by atoms with E-state index in [1.165, 1.54) is 0 Å². The zero-order valence-corrected chi connectivity index (χ0v) is 16.1. The van der Waals surface area contributed by atoms with Gasteiger partial charge in [0.25, 0.3) is 9.84 Å². The number of hydrogen-bond acceptors (Lipinski definition) is 5. The summed E-state index contributed by atoms with van der Waals surface area (Å²) in [4.78, 5) is 23.9. The van der Waals surface area contributed by atoms with Crippen molar-refractivity contribution in [3.8, 4) is 0 Å². The normalized spacial score (nSPS) is 22.4. The van der Waals surface area contributed by atoms with Gasteiger partial charge in [-0.25, -0.2) is 13.2 Å². The lowest BCUT2D eigenvalue weighted by atomic mass is 9.78. The molecule has 0 heterocycles. The lowest BCUT2D eigenvalue weighted by molar-refractivity contribution is -0.143. The van der Waals surface area contributed by atoms with Crippen LogP contribution >= 0.6 is 0 Å². The number of aliphatic carboxylic acids is 1. The minimum atomic E-state index is -4.35. The SMILES string of the molecule is O=C(O)C1CCC(c2ccccc2)(S(=O)(=O)C(=O)OCc2ccccc2)CC1. The molecule has 2 aromatic rings. The van der Waals surface area contributed by atoms with Crippen molar-refractivity contribution >= 4 is 21.1 Å². The minimum Gasteiger partial charge on any atom is -0.481 e. The molecule has 0 radical (unpaired) electrons.